The van der Waals surface area contributed by atoms with E-state index in [0.717, 1.165) is 11.3 Å². The lowest BCUT2D eigenvalue weighted by Gasteiger charge is -2.14. The molecule has 0 spiro atoms. The molecule has 0 saturated carbocycles. The Bertz CT molecular complexity index is 524. The molecule has 0 amide bonds. The molecule has 0 heterocycles. The molecular formula is C16H18N2. The third-order valence-electron chi connectivity index (χ3n) is 2.76. The van der Waals surface area contributed by atoms with Crippen LogP contribution < -0.4 is 5.01 Å². The van der Waals surface area contributed by atoms with Gasteiger partial charge < -0.3 is 0 Å². The summed E-state index contributed by atoms with van der Waals surface area (Å²) >= 11 is 0. The summed E-state index contributed by atoms with van der Waals surface area (Å²) in [5, 5.41) is 6.35. The minimum Gasteiger partial charge on any atom is -0.269 e. The van der Waals surface area contributed by atoms with E-state index >= 15 is 0 Å². The Hall–Kier alpha value is -2.09. The first-order valence-corrected chi connectivity index (χ1v) is 6.06. The highest BCUT2D eigenvalue weighted by Crippen LogP contribution is 2.17. The molecule has 0 saturated heterocycles. The first kappa shape index (κ1) is 12.4. The molecule has 0 aliphatic carbocycles. The van der Waals surface area contributed by atoms with Crippen molar-refractivity contribution in [2.45, 2.75) is 13.8 Å². The van der Waals surface area contributed by atoms with Crippen LogP contribution in [0.15, 0.2) is 53.6 Å². The van der Waals surface area contributed by atoms with Gasteiger partial charge in [0.2, 0.25) is 0 Å². The van der Waals surface area contributed by atoms with Crippen molar-refractivity contribution in [3.8, 4) is 0 Å². The molecule has 0 bridgehead atoms. The number of hydrogen-bond acceptors (Lipinski definition) is 2. The van der Waals surface area contributed by atoms with Gasteiger partial charge in [0.25, 0.3) is 0 Å². The van der Waals surface area contributed by atoms with Gasteiger partial charge in [-0.1, -0.05) is 36.4 Å². The number of hydrazone groups is 1. The standard InChI is InChI=1S/C16H18N2/c1-13-9-14(2)11-16(10-13)18(3)17-12-15-7-5-4-6-8-15/h4-12H,1-3H3. The minimum absolute atomic E-state index is 1.11. The Morgan fingerprint density at radius 3 is 2.17 bits per heavy atom. The van der Waals surface area contributed by atoms with E-state index in [1.807, 2.05) is 48.6 Å². The van der Waals surface area contributed by atoms with Gasteiger partial charge in [-0.25, -0.2) is 0 Å². The number of nitrogens with zero attached hydrogens (tertiary/aromatic N) is 2. The first-order valence-electron chi connectivity index (χ1n) is 6.06. The molecule has 0 N–H and O–H groups in total. The van der Waals surface area contributed by atoms with Crippen LogP contribution in [0, 0.1) is 13.8 Å². The molecular weight excluding hydrogens is 220 g/mol. The highest BCUT2D eigenvalue weighted by molar-refractivity contribution is 5.80. The average Bonchev–Trinajstić information content (AvgIpc) is 2.36. The van der Waals surface area contributed by atoms with Crippen LogP contribution in [-0.2, 0) is 0 Å². The Labute approximate surface area is 109 Å². The highest BCUT2D eigenvalue weighted by atomic mass is 15.4. The molecule has 0 fully saturated rings. The van der Waals surface area contributed by atoms with Gasteiger partial charge in [0, 0.05) is 7.05 Å². The normalized spacial score (nSPS) is 10.8. The van der Waals surface area contributed by atoms with Gasteiger partial charge in [0.1, 0.15) is 0 Å². The van der Waals surface area contributed by atoms with Crippen LogP contribution in [-0.4, -0.2) is 13.3 Å². The largest absolute Gasteiger partial charge is 0.269 e. The van der Waals surface area contributed by atoms with Gasteiger partial charge in [0.05, 0.1) is 11.9 Å². The molecule has 2 nitrogen and oxygen atoms in total. The van der Waals surface area contributed by atoms with Gasteiger partial charge in [-0.15, -0.1) is 0 Å². The van der Waals surface area contributed by atoms with Gasteiger partial charge in [-0.2, -0.15) is 5.10 Å². The maximum Gasteiger partial charge on any atom is 0.0595 e. The molecule has 0 unspecified atom stereocenters. The summed E-state index contributed by atoms with van der Waals surface area (Å²) in [5.41, 5.74) is 4.73. The Kier molecular flexibility index (Phi) is 3.78. The van der Waals surface area contributed by atoms with E-state index in [-0.39, 0.29) is 0 Å². The van der Waals surface area contributed by atoms with Crippen molar-refractivity contribution >= 4 is 11.9 Å². The van der Waals surface area contributed by atoms with Crippen molar-refractivity contribution in [3.05, 3.63) is 65.2 Å². The second kappa shape index (κ2) is 5.50. The molecule has 2 aromatic rings. The number of aryl methyl sites for hydroxylation is 2. The maximum atomic E-state index is 4.46. The van der Waals surface area contributed by atoms with E-state index in [4.69, 9.17) is 0 Å². The second-order valence-corrected chi connectivity index (χ2v) is 4.52. The third-order valence-corrected chi connectivity index (χ3v) is 2.76. The predicted octanol–water partition coefficient (Wildman–Crippen LogP) is 3.77. The van der Waals surface area contributed by atoms with E-state index in [9.17, 15) is 0 Å². The molecule has 0 aliphatic heterocycles. The minimum atomic E-state index is 1.11. The van der Waals surface area contributed by atoms with Crippen LogP contribution in [0.25, 0.3) is 0 Å². The average molecular weight is 238 g/mol. The lowest BCUT2D eigenvalue weighted by atomic mass is 10.1. The molecule has 2 rings (SSSR count). The molecule has 0 aliphatic rings. The maximum absolute atomic E-state index is 4.46. The number of rotatable bonds is 3. The van der Waals surface area contributed by atoms with E-state index in [0.29, 0.717) is 0 Å². The van der Waals surface area contributed by atoms with Crippen LogP contribution in [0.1, 0.15) is 16.7 Å². The van der Waals surface area contributed by atoms with Crippen molar-refractivity contribution in [2.24, 2.45) is 5.10 Å². The van der Waals surface area contributed by atoms with Crippen LogP contribution in [0.3, 0.4) is 0 Å². The molecule has 0 atom stereocenters. The van der Waals surface area contributed by atoms with Crippen molar-refractivity contribution in [3.63, 3.8) is 0 Å². The zero-order valence-electron chi connectivity index (χ0n) is 11.1. The number of hydrogen-bond donors (Lipinski definition) is 0. The highest BCUT2D eigenvalue weighted by Gasteiger charge is 1.99. The number of benzene rings is 2. The molecule has 2 heteroatoms. The summed E-state index contributed by atoms with van der Waals surface area (Å²) in [7, 11) is 1.97. The van der Waals surface area contributed by atoms with Crippen LogP contribution in [0.5, 0.6) is 0 Å². The fourth-order valence-electron chi connectivity index (χ4n) is 1.90. The molecule has 0 radical (unpaired) electrons. The Balaban J connectivity index is 2.17. The SMILES string of the molecule is Cc1cc(C)cc(N(C)N=Cc2ccccc2)c1. The van der Waals surface area contributed by atoms with Crippen molar-refractivity contribution in [1.82, 2.24) is 0 Å². The summed E-state index contributed by atoms with van der Waals surface area (Å²) in [5.74, 6) is 0. The zero-order chi connectivity index (χ0) is 13.0. The Morgan fingerprint density at radius 2 is 1.56 bits per heavy atom. The third kappa shape index (κ3) is 3.20. The van der Waals surface area contributed by atoms with Gasteiger partial charge in [0.15, 0.2) is 0 Å². The van der Waals surface area contributed by atoms with E-state index < -0.39 is 0 Å². The lowest BCUT2D eigenvalue weighted by molar-refractivity contribution is 1.02. The molecule has 18 heavy (non-hydrogen) atoms. The smallest absolute Gasteiger partial charge is 0.0595 e. The monoisotopic (exact) mass is 238 g/mol. The van der Waals surface area contributed by atoms with Crippen molar-refractivity contribution < 1.29 is 0 Å². The second-order valence-electron chi connectivity index (χ2n) is 4.52. The van der Waals surface area contributed by atoms with Crippen LogP contribution >= 0.6 is 0 Å². The summed E-state index contributed by atoms with van der Waals surface area (Å²) in [6.45, 7) is 4.20. The van der Waals surface area contributed by atoms with E-state index in [1.54, 1.807) is 0 Å². The zero-order valence-corrected chi connectivity index (χ0v) is 11.1. The lowest BCUT2D eigenvalue weighted by Crippen LogP contribution is -2.09. The van der Waals surface area contributed by atoms with E-state index in [1.165, 1.54) is 11.1 Å². The van der Waals surface area contributed by atoms with Crippen LogP contribution in [0.4, 0.5) is 5.69 Å². The molecule has 0 aromatic heterocycles. The summed E-state index contributed by atoms with van der Waals surface area (Å²) in [6, 6.07) is 16.5. The Morgan fingerprint density at radius 1 is 0.944 bits per heavy atom. The topological polar surface area (TPSA) is 15.6 Å². The van der Waals surface area contributed by atoms with Gasteiger partial charge >= 0.3 is 0 Å². The molecule has 92 valence electrons. The summed E-state index contributed by atoms with van der Waals surface area (Å²) in [6.07, 6.45) is 1.87. The quantitative estimate of drug-likeness (QED) is 0.587. The van der Waals surface area contributed by atoms with E-state index in [2.05, 4.69) is 37.1 Å². The predicted molar refractivity (Wildman–Crippen MR) is 78.4 cm³/mol. The summed E-state index contributed by atoms with van der Waals surface area (Å²) < 4.78 is 0. The first-order chi connectivity index (χ1) is 8.65. The van der Waals surface area contributed by atoms with Crippen molar-refractivity contribution in [2.75, 3.05) is 12.1 Å². The number of anilines is 1. The van der Waals surface area contributed by atoms with Gasteiger partial charge in [-0.05, 0) is 42.7 Å². The van der Waals surface area contributed by atoms with Crippen LogP contribution in [0.2, 0.25) is 0 Å². The van der Waals surface area contributed by atoms with Gasteiger partial charge in [-0.3, -0.25) is 5.01 Å². The fraction of sp³-hybridized carbons (Fsp3) is 0.188. The molecule has 2 aromatic carbocycles. The summed E-state index contributed by atoms with van der Waals surface area (Å²) in [4.78, 5) is 0. The fourth-order valence-corrected chi connectivity index (χ4v) is 1.90. The van der Waals surface area contributed by atoms with Crippen molar-refractivity contribution in [1.29, 1.82) is 0 Å².